The van der Waals surface area contributed by atoms with Crippen LogP contribution in [0.3, 0.4) is 0 Å². The first kappa shape index (κ1) is 19.4. The Balaban J connectivity index is 1.92. The fourth-order valence-electron chi connectivity index (χ4n) is 2.66. The zero-order valence-corrected chi connectivity index (χ0v) is 17.1. The largest absolute Gasteiger partial charge is 0.497 e. The normalized spacial score (nSPS) is 12.1. The number of rotatable bonds is 6. The fraction of sp³-hybridized carbons (Fsp3) is 0.316. The van der Waals surface area contributed by atoms with E-state index in [0.29, 0.717) is 26.5 Å². The molecule has 1 aromatic carbocycles. The molecule has 6 nitrogen and oxygen atoms in total. The third-order valence-corrected chi connectivity index (χ3v) is 6.32. The number of hydrogen-bond acceptors (Lipinski definition) is 7. The van der Waals surface area contributed by atoms with E-state index < -0.39 is 5.97 Å². The molecule has 0 spiro atoms. The first-order valence-electron chi connectivity index (χ1n) is 8.45. The topological polar surface area (TPSA) is 81.3 Å². The molecule has 0 radical (unpaired) electrons. The van der Waals surface area contributed by atoms with Gasteiger partial charge in [-0.1, -0.05) is 0 Å². The van der Waals surface area contributed by atoms with Gasteiger partial charge >= 0.3 is 5.97 Å². The molecule has 2 heterocycles. The number of carbonyl (C=O) groups is 1. The standard InChI is InChI=1S/C19H20N2O4S2/c1-5-25-19(23)15-10(2)14-17(22)20-16(21-18(14)27-15)11(3)26-13-8-6-12(24-4)7-9-13/h6-9,11H,5H2,1-4H3,(H,20,21,22). The molecule has 0 fully saturated rings. The van der Waals surface area contributed by atoms with Crippen LogP contribution in [0.25, 0.3) is 10.2 Å². The molecule has 1 unspecified atom stereocenters. The van der Waals surface area contributed by atoms with Crippen molar-refractivity contribution in [3.63, 3.8) is 0 Å². The molecule has 2 aromatic heterocycles. The molecule has 3 aromatic rings. The van der Waals surface area contributed by atoms with Gasteiger partial charge in [0.15, 0.2) is 0 Å². The summed E-state index contributed by atoms with van der Waals surface area (Å²) in [6, 6.07) is 7.71. The quantitative estimate of drug-likeness (QED) is 0.486. The van der Waals surface area contributed by atoms with Crippen molar-refractivity contribution in [1.82, 2.24) is 9.97 Å². The number of aromatic nitrogens is 2. The average molecular weight is 405 g/mol. The van der Waals surface area contributed by atoms with E-state index in [1.165, 1.54) is 11.3 Å². The number of thiophene rings is 1. The molecule has 0 amide bonds. The summed E-state index contributed by atoms with van der Waals surface area (Å²) in [5, 5.41) is 0.386. The van der Waals surface area contributed by atoms with Crippen LogP contribution < -0.4 is 10.3 Å². The zero-order chi connectivity index (χ0) is 19.6. The second-order valence-corrected chi connectivity index (χ2v) is 8.26. The lowest BCUT2D eigenvalue weighted by Gasteiger charge is -2.11. The Labute approximate surface area is 164 Å². The molecule has 27 heavy (non-hydrogen) atoms. The van der Waals surface area contributed by atoms with Crippen LogP contribution in [0.1, 0.15) is 40.2 Å². The number of H-pyrrole nitrogens is 1. The summed E-state index contributed by atoms with van der Waals surface area (Å²) in [7, 11) is 1.63. The lowest BCUT2D eigenvalue weighted by atomic mass is 10.2. The maximum atomic E-state index is 12.6. The number of aromatic amines is 1. The average Bonchev–Trinajstić information content (AvgIpc) is 2.99. The van der Waals surface area contributed by atoms with E-state index in [4.69, 9.17) is 9.47 Å². The highest BCUT2D eigenvalue weighted by atomic mass is 32.2. The van der Waals surface area contributed by atoms with E-state index in [2.05, 4.69) is 9.97 Å². The predicted octanol–water partition coefficient (Wildman–Crippen LogP) is 4.33. The lowest BCUT2D eigenvalue weighted by molar-refractivity contribution is 0.0531. The Bertz CT molecular complexity index is 1020. The van der Waals surface area contributed by atoms with Crippen molar-refractivity contribution >= 4 is 39.3 Å². The number of aryl methyl sites for hydroxylation is 1. The van der Waals surface area contributed by atoms with Gasteiger partial charge in [0.1, 0.15) is 21.3 Å². The molecule has 0 saturated carbocycles. The number of benzene rings is 1. The Morgan fingerprint density at radius 2 is 2.04 bits per heavy atom. The lowest BCUT2D eigenvalue weighted by Crippen LogP contribution is -2.12. The molecule has 0 saturated heterocycles. The Hall–Kier alpha value is -2.32. The SMILES string of the molecule is CCOC(=O)c1sc2nc(C(C)Sc3ccc(OC)cc3)[nH]c(=O)c2c1C. The maximum Gasteiger partial charge on any atom is 0.348 e. The van der Waals surface area contributed by atoms with Crippen molar-refractivity contribution in [3.8, 4) is 5.75 Å². The van der Waals surface area contributed by atoms with Crippen LogP contribution in [0, 0.1) is 6.92 Å². The van der Waals surface area contributed by atoms with E-state index >= 15 is 0 Å². The van der Waals surface area contributed by atoms with Gasteiger partial charge < -0.3 is 14.5 Å². The number of methoxy groups -OCH3 is 1. The van der Waals surface area contributed by atoms with Gasteiger partial charge in [-0.05, 0) is 50.6 Å². The first-order valence-corrected chi connectivity index (χ1v) is 10.1. The van der Waals surface area contributed by atoms with Gasteiger partial charge in [-0.2, -0.15) is 0 Å². The monoisotopic (exact) mass is 404 g/mol. The summed E-state index contributed by atoms with van der Waals surface area (Å²) < 4.78 is 10.2. The van der Waals surface area contributed by atoms with Crippen molar-refractivity contribution in [3.05, 3.63) is 50.9 Å². The summed E-state index contributed by atoms with van der Waals surface area (Å²) in [5.41, 5.74) is 0.380. The van der Waals surface area contributed by atoms with E-state index in [0.717, 1.165) is 10.6 Å². The van der Waals surface area contributed by atoms with Gasteiger partial charge in [0.05, 0.1) is 24.4 Å². The molecular weight excluding hydrogens is 384 g/mol. The maximum absolute atomic E-state index is 12.6. The summed E-state index contributed by atoms with van der Waals surface area (Å²) >= 11 is 2.78. The van der Waals surface area contributed by atoms with Crippen LogP contribution in [0.5, 0.6) is 5.75 Å². The second kappa shape index (κ2) is 8.14. The molecule has 0 aliphatic carbocycles. The van der Waals surface area contributed by atoms with Crippen molar-refractivity contribution in [2.24, 2.45) is 0 Å². The molecule has 8 heteroatoms. The van der Waals surface area contributed by atoms with Crippen molar-refractivity contribution < 1.29 is 14.3 Å². The van der Waals surface area contributed by atoms with E-state index in [9.17, 15) is 9.59 Å². The third-order valence-electron chi connectivity index (χ3n) is 4.04. The Morgan fingerprint density at radius 3 is 2.67 bits per heavy atom. The highest BCUT2D eigenvalue weighted by Gasteiger charge is 2.21. The van der Waals surface area contributed by atoms with Gasteiger partial charge in [0.2, 0.25) is 0 Å². The van der Waals surface area contributed by atoms with Crippen LogP contribution in [0.2, 0.25) is 0 Å². The number of fused-ring (bicyclic) bond motifs is 1. The van der Waals surface area contributed by atoms with Crippen molar-refractivity contribution in [2.75, 3.05) is 13.7 Å². The van der Waals surface area contributed by atoms with Gasteiger partial charge in [0, 0.05) is 4.90 Å². The number of nitrogens with zero attached hydrogens (tertiary/aromatic N) is 1. The molecule has 142 valence electrons. The minimum Gasteiger partial charge on any atom is -0.497 e. The number of ether oxygens (including phenoxy) is 2. The molecule has 1 atom stereocenters. The van der Waals surface area contributed by atoms with Gasteiger partial charge in [0.25, 0.3) is 5.56 Å². The van der Waals surface area contributed by atoms with Crippen molar-refractivity contribution in [2.45, 2.75) is 30.9 Å². The molecular formula is C19H20N2O4S2. The number of hydrogen-bond donors (Lipinski definition) is 1. The Kier molecular flexibility index (Phi) is 5.86. The molecule has 0 aliphatic heterocycles. The fourth-order valence-corrected chi connectivity index (χ4v) is 4.67. The zero-order valence-electron chi connectivity index (χ0n) is 15.5. The van der Waals surface area contributed by atoms with Crippen LogP contribution in [-0.2, 0) is 4.74 Å². The third kappa shape index (κ3) is 4.01. The summed E-state index contributed by atoms with van der Waals surface area (Å²) in [5.74, 6) is 0.949. The number of carbonyl (C=O) groups excluding carboxylic acids is 1. The highest BCUT2D eigenvalue weighted by molar-refractivity contribution is 7.99. The van der Waals surface area contributed by atoms with Crippen LogP contribution in [-0.4, -0.2) is 29.7 Å². The number of esters is 1. The van der Waals surface area contributed by atoms with Gasteiger partial charge in [-0.3, -0.25) is 4.79 Å². The first-order chi connectivity index (χ1) is 12.9. The van der Waals surface area contributed by atoms with E-state index in [1.807, 2.05) is 31.2 Å². The van der Waals surface area contributed by atoms with Gasteiger partial charge in [-0.15, -0.1) is 23.1 Å². The van der Waals surface area contributed by atoms with Crippen LogP contribution in [0.15, 0.2) is 34.0 Å². The predicted molar refractivity (Wildman–Crippen MR) is 108 cm³/mol. The minimum atomic E-state index is -0.417. The van der Waals surface area contributed by atoms with E-state index in [-0.39, 0.29) is 17.4 Å². The van der Waals surface area contributed by atoms with Crippen LogP contribution >= 0.6 is 23.1 Å². The Morgan fingerprint density at radius 1 is 1.33 bits per heavy atom. The summed E-state index contributed by atoms with van der Waals surface area (Å²) in [6.07, 6.45) is 0. The molecule has 0 bridgehead atoms. The number of thioether (sulfide) groups is 1. The molecule has 1 N–H and O–H groups in total. The minimum absolute atomic E-state index is 0.0658. The van der Waals surface area contributed by atoms with Crippen LogP contribution in [0.4, 0.5) is 0 Å². The summed E-state index contributed by atoms with van der Waals surface area (Å²) in [4.78, 5) is 34.2. The second-order valence-electron chi connectivity index (χ2n) is 5.84. The molecule has 0 aliphatic rings. The van der Waals surface area contributed by atoms with Gasteiger partial charge in [-0.25, -0.2) is 9.78 Å². The highest BCUT2D eigenvalue weighted by Crippen LogP contribution is 2.35. The number of nitrogens with one attached hydrogen (secondary N) is 1. The van der Waals surface area contributed by atoms with E-state index in [1.54, 1.807) is 32.7 Å². The summed E-state index contributed by atoms with van der Waals surface area (Å²) in [6.45, 7) is 5.77. The van der Waals surface area contributed by atoms with Crippen molar-refractivity contribution in [1.29, 1.82) is 0 Å². The molecule has 3 rings (SSSR count). The smallest absolute Gasteiger partial charge is 0.348 e.